The van der Waals surface area contributed by atoms with Gasteiger partial charge in [0.15, 0.2) is 0 Å². The maximum atomic E-state index is 4.93. The first-order valence-corrected chi connectivity index (χ1v) is 12.2. The van der Waals surface area contributed by atoms with Crippen molar-refractivity contribution in [3.05, 3.63) is 78.0 Å². The highest BCUT2D eigenvalue weighted by Crippen LogP contribution is 2.31. The van der Waals surface area contributed by atoms with Crippen LogP contribution in [0.4, 0.5) is 17.5 Å². The minimum absolute atomic E-state index is 0.616. The molecule has 176 valence electrons. The fourth-order valence-electron chi connectivity index (χ4n) is 4.76. The average Bonchev–Trinajstić information content (AvgIpc) is 3.11. The largest absolute Gasteiger partial charge is 0.354 e. The van der Waals surface area contributed by atoms with Crippen molar-refractivity contribution in [1.82, 2.24) is 29.8 Å². The zero-order valence-electron chi connectivity index (χ0n) is 19.9. The molecule has 1 aromatic carbocycles. The number of pyridine rings is 1. The van der Waals surface area contributed by atoms with E-state index in [1.165, 1.54) is 0 Å². The number of piperazine rings is 1. The number of anilines is 3. The third-order valence-electron chi connectivity index (χ3n) is 6.73. The van der Waals surface area contributed by atoms with E-state index in [0.29, 0.717) is 5.95 Å². The predicted molar refractivity (Wildman–Crippen MR) is 139 cm³/mol. The van der Waals surface area contributed by atoms with Gasteiger partial charge in [0.2, 0.25) is 5.95 Å². The van der Waals surface area contributed by atoms with Crippen LogP contribution in [0.3, 0.4) is 0 Å². The lowest BCUT2D eigenvalue weighted by Crippen LogP contribution is -2.44. The molecule has 4 aromatic rings. The van der Waals surface area contributed by atoms with E-state index in [-0.39, 0.29) is 0 Å². The molecule has 0 saturated carbocycles. The van der Waals surface area contributed by atoms with Crippen LogP contribution in [0, 0.1) is 0 Å². The number of fused-ring (bicyclic) bond motifs is 2. The van der Waals surface area contributed by atoms with Crippen LogP contribution in [0.5, 0.6) is 0 Å². The molecule has 1 fully saturated rings. The summed E-state index contributed by atoms with van der Waals surface area (Å²) < 4.78 is 0. The summed E-state index contributed by atoms with van der Waals surface area (Å²) in [6, 6.07) is 10.3. The molecular weight excluding hydrogens is 436 g/mol. The summed E-state index contributed by atoms with van der Waals surface area (Å²) in [4.78, 5) is 27.7. The number of likely N-dealkylation sites (N-methyl/N-ethyl adjacent to an activating group) is 1. The standard InChI is InChI=1S/C27H28N8/c1-34-12-14-35(15-13-34)26-17-20(8-9-30-26)32-27-31-18-22-21(4-2-3-5-23(22)33-27)19-6-7-24-25(16-19)29-11-10-28-24/h4,6-11,16-18H,2-3,5,12-15H2,1H3,(H,30,31,32,33). The summed E-state index contributed by atoms with van der Waals surface area (Å²) in [6.45, 7) is 4.06. The number of benzene rings is 1. The third kappa shape index (κ3) is 4.57. The van der Waals surface area contributed by atoms with Crippen LogP contribution < -0.4 is 10.2 Å². The summed E-state index contributed by atoms with van der Waals surface area (Å²) in [5.74, 6) is 1.60. The summed E-state index contributed by atoms with van der Waals surface area (Å²) in [5, 5.41) is 3.40. The number of nitrogens with zero attached hydrogens (tertiary/aromatic N) is 7. The molecule has 1 saturated heterocycles. The van der Waals surface area contributed by atoms with Gasteiger partial charge in [-0.3, -0.25) is 9.97 Å². The first kappa shape index (κ1) is 21.6. The molecule has 1 aliphatic carbocycles. The van der Waals surface area contributed by atoms with Gasteiger partial charge in [-0.2, -0.15) is 0 Å². The van der Waals surface area contributed by atoms with Crippen molar-refractivity contribution in [3.63, 3.8) is 0 Å². The highest BCUT2D eigenvalue weighted by Gasteiger charge is 2.18. The molecule has 0 unspecified atom stereocenters. The molecule has 3 aromatic heterocycles. The van der Waals surface area contributed by atoms with Crippen LogP contribution in [0.1, 0.15) is 29.7 Å². The quantitative estimate of drug-likeness (QED) is 0.484. The fraction of sp³-hybridized carbons (Fsp3) is 0.296. The summed E-state index contributed by atoms with van der Waals surface area (Å²) in [6.07, 6.45) is 12.5. The first-order chi connectivity index (χ1) is 17.2. The molecule has 2 aliphatic rings. The molecule has 0 bridgehead atoms. The number of nitrogens with one attached hydrogen (secondary N) is 1. The second kappa shape index (κ2) is 9.38. The Kier molecular flexibility index (Phi) is 5.79. The van der Waals surface area contributed by atoms with E-state index in [1.54, 1.807) is 12.4 Å². The van der Waals surface area contributed by atoms with Gasteiger partial charge in [-0.05, 0) is 55.6 Å². The fourth-order valence-corrected chi connectivity index (χ4v) is 4.76. The molecule has 35 heavy (non-hydrogen) atoms. The second-order valence-corrected chi connectivity index (χ2v) is 9.14. The molecule has 0 spiro atoms. The zero-order valence-corrected chi connectivity index (χ0v) is 19.9. The SMILES string of the molecule is CN1CCN(c2cc(Nc3ncc4c(n3)CCCC=C4c3ccc4nccnc4c3)ccn2)CC1. The minimum atomic E-state index is 0.616. The highest BCUT2D eigenvalue weighted by molar-refractivity contribution is 5.86. The van der Waals surface area contributed by atoms with Gasteiger partial charge in [-0.15, -0.1) is 0 Å². The molecule has 8 heteroatoms. The lowest BCUT2D eigenvalue weighted by atomic mass is 9.97. The van der Waals surface area contributed by atoms with Crippen molar-refractivity contribution in [2.45, 2.75) is 19.3 Å². The maximum absolute atomic E-state index is 4.93. The lowest BCUT2D eigenvalue weighted by Gasteiger charge is -2.33. The number of aromatic nitrogens is 5. The Bertz CT molecular complexity index is 1390. The Hall–Kier alpha value is -3.91. The zero-order chi connectivity index (χ0) is 23.6. The van der Waals surface area contributed by atoms with Crippen LogP contribution in [0.15, 0.2) is 61.2 Å². The highest BCUT2D eigenvalue weighted by atomic mass is 15.3. The molecular formula is C27H28N8. The molecule has 0 radical (unpaired) electrons. The minimum Gasteiger partial charge on any atom is -0.354 e. The number of rotatable bonds is 4. The van der Waals surface area contributed by atoms with Gasteiger partial charge in [-0.1, -0.05) is 12.1 Å². The molecule has 8 nitrogen and oxygen atoms in total. The topological polar surface area (TPSA) is 83.0 Å². The molecule has 0 amide bonds. The number of allylic oxidation sites excluding steroid dienone is 1. The Morgan fingerprint density at radius 3 is 2.60 bits per heavy atom. The van der Waals surface area contributed by atoms with Gasteiger partial charge in [-0.25, -0.2) is 15.0 Å². The van der Waals surface area contributed by atoms with Crippen LogP contribution in [-0.2, 0) is 6.42 Å². The monoisotopic (exact) mass is 464 g/mol. The molecule has 4 heterocycles. The molecule has 1 N–H and O–H groups in total. The Labute approximate surface area is 204 Å². The summed E-state index contributed by atoms with van der Waals surface area (Å²) in [5.41, 5.74) is 7.18. The maximum Gasteiger partial charge on any atom is 0.227 e. The van der Waals surface area contributed by atoms with Gasteiger partial charge in [0.05, 0.1) is 16.7 Å². The van der Waals surface area contributed by atoms with Crippen molar-refractivity contribution in [2.24, 2.45) is 0 Å². The Balaban J connectivity index is 1.26. The normalized spacial score (nSPS) is 16.5. The van der Waals surface area contributed by atoms with E-state index in [1.807, 2.05) is 24.5 Å². The summed E-state index contributed by atoms with van der Waals surface area (Å²) >= 11 is 0. The van der Waals surface area contributed by atoms with E-state index in [4.69, 9.17) is 4.98 Å². The van der Waals surface area contributed by atoms with E-state index < -0.39 is 0 Å². The third-order valence-corrected chi connectivity index (χ3v) is 6.73. The van der Waals surface area contributed by atoms with Crippen LogP contribution >= 0.6 is 0 Å². The Morgan fingerprint density at radius 1 is 0.857 bits per heavy atom. The molecule has 1 aliphatic heterocycles. The van der Waals surface area contributed by atoms with Gasteiger partial charge >= 0.3 is 0 Å². The van der Waals surface area contributed by atoms with E-state index in [9.17, 15) is 0 Å². The van der Waals surface area contributed by atoms with Crippen LogP contribution in [0.25, 0.3) is 16.6 Å². The average molecular weight is 465 g/mol. The van der Waals surface area contributed by atoms with Gasteiger partial charge in [0.25, 0.3) is 0 Å². The van der Waals surface area contributed by atoms with E-state index >= 15 is 0 Å². The predicted octanol–water partition coefficient (Wildman–Crippen LogP) is 4.08. The number of hydrogen-bond acceptors (Lipinski definition) is 8. The van der Waals surface area contributed by atoms with E-state index in [0.717, 1.165) is 90.4 Å². The van der Waals surface area contributed by atoms with Gasteiger partial charge < -0.3 is 15.1 Å². The summed E-state index contributed by atoms with van der Waals surface area (Å²) in [7, 11) is 2.16. The number of hydrogen-bond donors (Lipinski definition) is 1. The first-order valence-electron chi connectivity index (χ1n) is 12.2. The van der Waals surface area contributed by atoms with Gasteiger partial charge in [0.1, 0.15) is 5.82 Å². The van der Waals surface area contributed by atoms with Crippen LogP contribution in [0.2, 0.25) is 0 Å². The lowest BCUT2D eigenvalue weighted by molar-refractivity contribution is 0.312. The molecule has 6 rings (SSSR count). The molecule has 0 atom stereocenters. The van der Waals surface area contributed by atoms with Crippen LogP contribution in [-0.4, -0.2) is 63.0 Å². The van der Waals surface area contributed by atoms with Crippen molar-refractivity contribution in [2.75, 3.05) is 43.4 Å². The number of aryl methyl sites for hydroxylation is 1. The van der Waals surface area contributed by atoms with Crippen molar-refractivity contribution in [1.29, 1.82) is 0 Å². The van der Waals surface area contributed by atoms with Crippen molar-refractivity contribution in [3.8, 4) is 0 Å². The second-order valence-electron chi connectivity index (χ2n) is 9.14. The van der Waals surface area contributed by atoms with E-state index in [2.05, 4.69) is 66.4 Å². The van der Waals surface area contributed by atoms with Crippen molar-refractivity contribution >= 4 is 34.1 Å². The van der Waals surface area contributed by atoms with Crippen molar-refractivity contribution < 1.29 is 0 Å². The Morgan fingerprint density at radius 2 is 1.71 bits per heavy atom. The van der Waals surface area contributed by atoms with Gasteiger partial charge in [0, 0.05) is 68.3 Å². The smallest absolute Gasteiger partial charge is 0.227 e.